The van der Waals surface area contributed by atoms with Gasteiger partial charge in [-0.2, -0.15) is 0 Å². The van der Waals surface area contributed by atoms with E-state index >= 15 is 0 Å². The zero-order valence-electron chi connectivity index (χ0n) is 8.76. The van der Waals surface area contributed by atoms with Gasteiger partial charge in [0, 0.05) is 16.4 Å². The molecule has 0 amide bonds. The second kappa shape index (κ2) is 3.56. The minimum absolute atomic E-state index is 0.135. The van der Waals surface area contributed by atoms with Crippen molar-refractivity contribution >= 4 is 15.9 Å². The summed E-state index contributed by atoms with van der Waals surface area (Å²) in [5.74, 6) is 0. The van der Waals surface area contributed by atoms with E-state index in [4.69, 9.17) is 5.73 Å². The van der Waals surface area contributed by atoms with Crippen LogP contribution in [0.5, 0.6) is 0 Å². The molecule has 0 spiro atoms. The minimum Gasteiger partial charge on any atom is -0.330 e. The van der Waals surface area contributed by atoms with Crippen molar-refractivity contribution in [2.45, 2.75) is 30.8 Å². The summed E-state index contributed by atoms with van der Waals surface area (Å²) in [5, 5.41) is 0. The highest BCUT2D eigenvalue weighted by Crippen LogP contribution is 2.51. The van der Waals surface area contributed by atoms with Gasteiger partial charge in [0.05, 0.1) is 0 Å². The molecule has 2 N–H and O–H groups in total. The molecule has 1 aliphatic carbocycles. The maximum absolute atomic E-state index is 13.6. The summed E-state index contributed by atoms with van der Waals surface area (Å²) in [4.78, 5) is 0. The zero-order valence-corrected chi connectivity index (χ0v) is 10.3. The van der Waals surface area contributed by atoms with Gasteiger partial charge in [-0.1, -0.05) is 28.1 Å². The van der Waals surface area contributed by atoms with Gasteiger partial charge in [0.2, 0.25) is 0 Å². The molecule has 0 aromatic heterocycles. The average molecular weight is 272 g/mol. The molecule has 0 bridgehead atoms. The van der Waals surface area contributed by atoms with Gasteiger partial charge in [-0.3, -0.25) is 0 Å². The lowest BCUT2D eigenvalue weighted by atomic mass is 9.57. The van der Waals surface area contributed by atoms with Crippen LogP contribution in [0.1, 0.15) is 25.3 Å². The largest absolute Gasteiger partial charge is 0.330 e. The fourth-order valence-corrected chi connectivity index (χ4v) is 2.89. The highest BCUT2D eigenvalue weighted by molar-refractivity contribution is 9.10. The van der Waals surface area contributed by atoms with E-state index in [-0.39, 0.29) is 5.41 Å². The van der Waals surface area contributed by atoms with E-state index in [2.05, 4.69) is 15.9 Å². The molecule has 1 fully saturated rings. The highest BCUT2D eigenvalue weighted by Gasteiger charge is 2.52. The fraction of sp³-hybridized carbons (Fsp3) is 0.500. The second-order valence-electron chi connectivity index (χ2n) is 4.76. The van der Waals surface area contributed by atoms with E-state index in [1.165, 1.54) is 0 Å². The first-order valence-electron chi connectivity index (χ1n) is 5.13. The number of hydrogen-bond acceptors (Lipinski definition) is 1. The van der Waals surface area contributed by atoms with Gasteiger partial charge >= 0.3 is 0 Å². The Bertz CT molecular complexity index is 350. The Hall–Kier alpha value is -0.410. The number of halogens is 2. The third kappa shape index (κ3) is 1.95. The van der Waals surface area contributed by atoms with E-state index < -0.39 is 5.67 Å². The highest BCUT2D eigenvalue weighted by atomic mass is 79.9. The number of hydrogen-bond donors (Lipinski definition) is 1. The van der Waals surface area contributed by atoms with Crippen LogP contribution < -0.4 is 5.73 Å². The van der Waals surface area contributed by atoms with Gasteiger partial charge < -0.3 is 5.73 Å². The van der Waals surface area contributed by atoms with Gasteiger partial charge in [0.25, 0.3) is 0 Å². The summed E-state index contributed by atoms with van der Waals surface area (Å²) in [6.07, 6.45) is 1.08. The van der Waals surface area contributed by atoms with E-state index in [0.717, 1.165) is 10.0 Å². The molecule has 0 aliphatic heterocycles. The SMILES string of the molecule is CC1(F)CC(CN)(c2ccc(Br)cc2)C1. The minimum atomic E-state index is -1.04. The molecule has 1 aromatic carbocycles. The first-order valence-corrected chi connectivity index (χ1v) is 5.92. The van der Waals surface area contributed by atoms with Crippen LogP contribution in [-0.2, 0) is 5.41 Å². The van der Waals surface area contributed by atoms with Crippen LogP contribution in [0, 0.1) is 0 Å². The van der Waals surface area contributed by atoms with Crippen molar-refractivity contribution in [1.82, 2.24) is 0 Å². The van der Waals surface area contributed by atoms with Crippen molar-refractivity contribution in [2.24, 2.45) is 5.73 Å². The molecule has 0 atom stereocenters. The standard InChI is InChI=1S/C12H15BrFN/c1-11(14)6-12(7-11,8-15)9-2-4-10(13)5-3-9/h2-5H,6-8,15H2,1H3. The molecule has 82 valence electrons. The number of benzene rings is 1. The number of alkyl halides is 1. The van der Waals surface area contributed by atoms with Crippen LogP contribution in [0.15, 0.2) is 28.7 Å². The summed E-state index contributed by atoms with van der Waals surface area (Å²) < 4.78 is 14.6. The van der Waals surface area contributed by atoms with Gasteiger partial charge in [-0.25, -0.2) is 4.39 Å². The molecule has 0 saturated heterocycles. The Balaban J connectivity index is 2.25. The maximum Gasteiger partial charge on any atom is 0.110 e. The van der Waals surface area contributed by atoms with Crippen molar-refractivity contribution in [2.75, 3.05) is 6.54 Å². The summed E-state index contributed by atoms with van der Waals surface area (Å²) in [6, 6.07) is 8.04. The fourth-order valence-electron chi connectivity index (χ4n) is 2.63. The van der Waals surface area contributed by atoms with E-state index in [9.17, 15) is 4.39 Å². The molecule has 15 heavy (non-hydrogen) atoms. The third-order valence-electron chi connectivity index (χ3n) is 3.26. The summed E-state index contributed by atoms with van der Waals surface area (Å²) in [5.41, 5.74) is 5.77. The van der Waals surface area contributed by atoms with Crippen LogP contribution in [0.25, 0.3) is 0 Å². The van der Waals surface area contributed by atoms with E-state index in [1.807, 2.05) is 24.3 Å². The van der Waals surface area contributed by atoms with Crippen LogP contribution >= 0.6 is 15.9 Å². The van der Waals surface area contributed by atoms with Crippen LogP contribution in [-0.4, -0.2) is 12.2 Å². The predicted octanol–water partition coefficient (Wildman–Crippen LogP) is 3.17. The Morgan fingerprint density at radius 1 is 1.33 bits per heavy atom. The molecule has 0 heterocycles. The zero-order chi connectivity index (χ0) is 11.1. The molecule has 0 radical (unpaired) electrons. The van der Waals surface area contributed by atoms with Gasteiger partial charge in [-0.15, -0.1) is 0 Å². The predicted molar refractivity (Wildman–Crippen MR) is 63.6 cm³/mol. The first-order chi connectivity index (χ1) is 6.97. The van der Waals surface area contributed by atoms with Gasteiger partial charge in [0.1, 0.15) is 5.67 Å². The smallest absolute Gasteiger partial charge is 0.110 e. The van der Waals surface area contributed by atoms with Crippen molar-refractivity contribution in [3.63, 3.8) is 0 Å². The van der Waals surface area contributed by atoms with Gasteiger partial charge in [0.15, 0.2) is 0 Å². The third-order valence-corrected chi connectivity index (χ3v) is 3.79. The lowest BCUT2D eigenvalue weighted by molar-refractivity contribution is 0.00273. The Labute approximate surface area is 98.0 Å². The number of rotatable bonds is 2. The summed E-state index contributed by atoms with van der Waals surface area (Å²) >= 11 is 3.39. The second-order valence-corrected chi connectivity index (χ2v) is 5.67. The molecule has 1 nitrogen and oxygen atoms in total. The lowest BCUT2D eigenvalue weighted by Crippen LogP contribution is -2.54. The van der Waals surface area contributed by atoms with Crippen molar-refractivity contribution < 1.29 is 4.39 Å². The van der Waals surface area contributed by atoms with E-state index in [0.29, 0.717) is 19.4 Å². The van der Waals surface area contributed by atoms with Crippen molar-refractivity contribution in [3.05, 3.63) is 34.3 Å². The monoisotopic (exact) mass is 271 g/mol. The van der Waals surface area contributed by atoms with Crippen LogP contribution in [0.3, 0.4) is 0 Å². The summed E-state index contributed by atoms with van der Waals surface area (Å²) in [6.45, 7) is 2.17. The summed E-state index contributed by atoms with van der Waals surface area (Å²) in [7, 11) is 0. The molecule has 1 aromatic rings. The molecular formula is C12H15BrFN. The van der Waals surface area contributed by atoms with Crippen molar-refractivity contribution in [1.29, 1.82) is 0 Å². The Morgan fingerprint density at radius 2 is 1.87 bits per heavy atom. The molecule has 2 rings (SSSR count). The molecule has 0 unspecified atom stereocenters. The lowest BCUT2D eigenvalue weighted by Gasteiger charge is -2.50. The normalized spacial score (nSPS) is 34.9. The maximum atomic E-state index is 13.6. The molecule has 3 heteroatoms. The van der Waals surface area contributed by atoms with Crippen LogP contribution in [0.4, 0.5) is 4.39 Å². The van der Waals surface area contributed by atoms with Crippen molar-refractivity contribution in [3.8, 4) is 0 Å². The van der Waals surface area contributed by atoms with E-state index in [1.54, 1.807) is 6.92 Å². The molecule has 1 aliphatic rings. The molecular weight excluding hydrogens is 257 g/mol. The Morgan fingerprint density at radius 3 is 2.27 bits per heavy atom. The molecule has 1 saturated carbocycles. The van der Waals surface area contributed by atoms with Crippen LogP contribution in [0.2, 0.25) is 0 Å². The average Bonchev–Trinajstić information content (AvgIpc) is 2.14. The first kappa shape index (κ1) is 11.1. The topological polar surface area (TPSA) is 26.0 Å². The number of nitrogens with two attached hydrogens (primary N) is 1. The quantitative estimate of drug-likeness (QED) is 0.879. The van der Waals surface area contributed by atoms with Gasteiger partial charge in [-0.05, 0) is 37.5 Å². The Kier molecular flexibility index (Phi) is 2.63.